The fourth-order valence-corrected chi connectivity index (χ4v) is 2.68. The summed E-state index contributed by atoms with van der Waals surface area (Å²) >= 11 is 0. The normalized spacial score (nSPS) is 20.5. The molecule has 1 aliphatic heterocycles. The van der Waals surface area contributed by atoms with Gasteiger partial charge in [0.15, 0.2) is 0 Å². The zero-order chi connectivity index (χ0) is 18.0. The summed E-state index contributed by atoms with van der Waals surface area (Å²) in [5.74, 6) is -1.87. The smallest absolute Gasteiger partial charge is 0.325 e. The highest BCUT2D eigenvalue weighted by Gasteiger charge is 2.35. The first-order valence-electron chi connectivity index (χ1n) is 7.58. The molecule has 3 N–H and O–H groups in total. The number of hydrogen-bond acceptors (Lipinski definition) is 3. The van der Waals surface area contributed by atoms with Crippen molar-refractivity contribution < 1.29 is 22.4 Å². The van der Waals surface area contributed by atoms with Crippen LogP contribution >= 0.6 is 0 Å². The van der Waals surface area contributed by atoms with E-state index in [1.54, 1.807) is 0 Å². The van der Waals surface area contributed by atoms with Crippen molar-refractivity contribution in [2.24, 2.45) is 0 Å². The molecular formula is C17H15F4N3O. The van der Waals surface area contributed by atoms with E-state index in [0.29, 0.717) is 18.6 Å². The van der Waals surface area contributed by atoms with E-state index in [4.69, 9.17) is 0 Å². The Balaban J connectivity index is 1.67. The summed E-state index contributed by atoms with van der Waals surface area (Å²) in [5.41, 5.74) is 5.28. The molecule has 0 bridgehead atoms. The summed E-state index contributed by atoms with van der Waals surface area (Å²) in [6.07, 6.45) is -4.39. The van der Waals surface area contributed by atoms with Crippen LogP contribution in [0.2, 0.25) is 0 Å². The molecule has 1 amide bonds. The fourth-order valence-electron chi connectivity index (χ4n) is 2.68. The van der Waals surface area contributed by atoms with E-state index in [-0.39, 0.29) is 11.7 Å². The summed E-state index contributed by atoms with van der Waals surface area (Å²) in [7, 11) is 0. The molecule has 0 radical (unpaired) electrons. The molecule has 2 atom stereocenters. The minimum absolute atomic E-state index is 0.0871. The molecule has 2 aromatic rings. The first-order valence-corrected chi connectivity index (χ1v) is 7.58. The Morgan fingerprint density at radius 2 is 1.80 bits per heavy atom. The fraction of sp³-hybridized carbons (Fsp3) is 0.235. The summed E-state index contributed by atoms with van der Waals surface area (Å²) in [5, 5.41) is 2.39. The summed E-state index contributed by atoms with van der Waals surface area (Å²) < 4.78 is 51.5. The molecule has 1 fully saturated rings. The highest BCUT2D eigenvalue weighted by molar-refractivity contribution is 5.95. The van der Waals surface area contributed by atoms with Gasteiger partial charge in [-0.25, -0.2) is 15.2 Å². The van der Waals surface area contributed by atoms with Crippen LogP contribution in [0, 0.1) is 5.82 Å². The van der Waals surface area contributed by atoms with Gasteiger partial charge < -0.3 is 5.32 Å². The maximum atomic E-state index is 13.3. The number of carbonyl (C=O) groups is 1. The van der Waals surface area contributed by atoms with Crippen LogP contribution < -0.4 is 16.2 Å². The number of alkyl halides is 3. The lowest BCUT2D eigenvalue weighted by Gasteiger charge is -2.13. The largest absolute Gasteiger partial charge is 0.419 e. The van der Waals surface area contributed by atoms with E-state index >= 15 is 0 Å². The van der Waals surface area contributed by atoms with Crippen LogP contribution in [0.15, 0.2) is 48.5 Å². The number of anilines is 1. The molecule has 132 valence electrons. The molecule has 8 heteroatoms. The second-order valence-corrected chi connectivity index (χ2v) is 5.72. The molecule has 1 aliphatic rings. The molecule has 2 aromatic carbocycles. The molecule has 0 aromatic heterocycles. The molecule has 1 heterocycles. The van der Waals surface area contributed by atoms with Crippen molar-refractivity contribution in [2.45, 2.75) is 24.7 Å². The topological polar surface area (TPSA) is 53.2 Å². The lowest BCUT2D eigenvalue weighted by atomic mass is 10.0. The number of halogens is 4. The summed E-state index contributed by atoms with van der Waals surface area (Å²) in [6.45, 7) is 0. The second-order valence-electron chi connectivity index (χ2n) is 5.72. The molecule has 4 nitrogen and oxygen atoms in total. The molecule has 0 spiro atoms. The minimum atomic E-state index is -4.82. The standard InChI is InChI=1S/C17H15F4N3O/c18-13-7-6-11(8-12(13)17(19,20)21)22-16(25)15-9-14(23-24-15)10-4-2-1-3-5-10/h1-8,14-15,23-24H,9H2,(H,22,25). The maximum absolute atomic E-state index is 13.3. The lowest BCUT2D eigenvalue weighted by Crippen LogP contribution is -2.39. The van der Waals surface area contributed by atoms with Crippen LogP contribution in [0.25, 0.3) is 0 Å². The van der Waals surface area contributed by atoms with Gasteiger partial charge in [0.1, 0.15) is 11.9 Å². The Bertz CT molecular complexity index is 764. The third kappa shape index (κ3) is 3.97. The van der Waals surface area contributed by atoms with Crippen molar-refractivity contribution >= 4 is 11.6 Å². The van der Waals surface area contributed by atoms with E-state index in [1.807, 2.05) is 30.3 Å². The first-order chi connectivity index (χ1) is 11.8. The number of amides is 1. The van der Waals surface area contributed by atoms with E-state index < -0.39 is 29.5 Å². The second kappa shape index (κ2) is 6.81. The first kappa shape index (κ1) is 17.4. The van der Waals surface area contributed by atoms with Crippen LogP contribution in [-0.2, 0) is 11.0 Å². The van der Waals surface area contributed by atoms with Crippen molar-refractivity contribution in [2.75, 3.05) is 5.32 Å². The Kier molecular flexibility index (Phi) is 4.73. The van der Waals surface area contributed by atoms with E-state index in [9.17, 15) is 22.4 Å². The van der Waals surface area contributed by atoms with Gasteiger partial charge in [-0.2, -0.15) is 13.2 Å². The van der Waals surface area contributed by atoms with Gasteiger partial charge in [0.2, 0.25) is 5.91 Å². The van der Waals surface area contributed by atoms with Crippen LogP contribution in [0.1, 0.15) is 23.6 Å². The molecular weight excluding hydrogens is 338 g/mol. The SMILES string of the molecule is O=C(Nc1ccc(F)c(C(F)(F)F)c1)C1CC(c2ccccc2)NN1. The molecule has 25 heavy (non-hydrogen) atoms. The van der Waals surface area contributed by atoms with Crippen molar-refractivity contribution in [1.29, 1.82) is 0 Å². The van der Waals surface area contributed by atoms with Crippen molar-refractivity contribution in [3.63, 3.8) is 0 Å². The average Bonchev–Trinajstić information content (AvgIpc) is 3.06. The zero-order valence-corrected chi connectivity index (χ0v) is 12.9. The number of benzene rings is 2. The van der Waals surface area contributed by atoms with Gasteiger partial charge >= 0.3 is 6.18 Å². The predicted molar refractivity (Wildman–Crippen MR) is 83.9 cm³/mol. The highest BCUT2D eigenvalue weighted by atomic mass is 19.4. The number of nitrogens with one attached hydrogen (secondary N) is 3. The van der Waals surface area contributed by atoms with Gasteiger partial charge in [-0.1, -0.05) is 30.3 Å². The number of hydrazine groups is 1. The Labute approximate surface area is 141 Å². The van der Waals surface area contributed by atoms with Crippen molar-refractivity contribution in [3.8, 4) is 0 Å². The summed E-state index contributed by atoms with van der Waals surface area (Å²) in [4.78, 5) is 12.2. The van der Waals surface area contributed by atoms with E-state index in [2.05, 4.69) is 16.2 Å². The third-order valence-electron chi connectivity index (χ3n) is 3.96. The molecule has 1 saturated heterocycles. The molecule has 3 rings (SSSR count). The monoisotopic (exact) mass is 353 g/mol. The lowest BCUT2D eigenvalue weighted by molar-refractivity contribution is -0.140. The molecule has 2 unspecified atom stereocenters. The summed E-state index contributed by atoms with van der Waals surface area (Å²) in [6, 6.07) is 11.1. The molecule has 0 saturated carbocycles. The van der Waals surface area contributed by atoms with Crippen molar-refractivity contribution in [3.05, 3.63) is 65.5 Å². The highest BCUT2D eigenvalue weighted by Crippen LogP contribution is 2.33. The van der Waals surface area contributed by atoms with Crippen LogP contribution in [0.5, 0.6) is 0 Å². The number of carbonyl (C=O) groups excluding carboxylic acids is 1. The zero-order valence-electron chi connectivity index (χ0n) is 12.9. The van der Waals surface area contributed by atoms with Crippen LogP contribution in [-0.4, -0.2) is 11.9 Å². The number of rotatable bonds is 3. The van der Waals surface area contributed by atoms with Gasteiger partial charge in [-0.15, -0.1) is 0 Å². The Hall–Kier alpha value is -2.45. The van der Waals surface area contributed by atoms with Gasteiger partial charge in [0.05, 0.1) is 5.56 Å². The Morgan fingerprint density at radius 1 is 1.08 bits per heavy atom. The van der Waals surface area contributed by atoms with Crippen LogP contribution in [0.3, 0.4) is 0 Å². The maximum Gasteiger partial charge on any atom is 0.419 e. The predicted octanol–water partition coefficient (Wildman–Crippen LogP) is 3.39. The van der Waals surface area contributed by atoms with Gasteiger partial charge in [-0.05, 0) is 30.2 Å². The quantitative estimate of drug-likeness (QED) is 0.742. The van der Waals surface area contributed by atoms with Gasteiger partial charge in [0, 0.05) is 11.7 Å². The van der Waals surface area contributed by atoms with Gasteiger partial charge in [-0.3, -0.25) is 4.79 Å². The Morgan fingerprint density at radius 3 is 2.48 bits per heavy atom. The minimum Gasteiger partial charge on any atom is -0.325 e. The third-order valence-corrected chi connectivity index (χ3v) is 3.96. The van der Waals surface area contributed by atoms with E-state index in [0.717, 1.165) is 11.6 Å². The van der Waals surface area contributed by atoms with Crippen LogP contribution in [0.4, 0.5) is 23.2 Å². The van der Waals surface area contributed by atoms with E-state index in [1.165, 1.54) is 0 Å². The number of hydrogen-bond donors (Lipinski definition) is 3. The average molecular weight is 353 g/mol. The van der Waals surface area contributed by atoms with Gasteiger partial charge in [0.25, 0.3) is 0 Å². The van der Waals surface area contributed by atoms with Crippen molar-refractivity contribution in [1.82, 2.24) is 10.9 Å². The molecule has 0 aliphatic carbocycles.